The minimum absolute atomic E-state index is 0.0138. The summed E-state index contributed by atoms with van der Waals surface area (Å²) in [5.74, 6) is -0.204. The predicted molar refractivity (Wildman–Crippen MR) is 159 cm³/mol. The Balaban J connectivity index is 1.30. The summed E-state index contributed by atoms with van der Waals surface area (Å²) in [6, 6.07) is 15.9. The zero-order valence-electron chi connectivity index (χ0n) is 23.4. The van der Waals surface area contributed by atoms with E-state index in [1.54, 1.807) is 6.07 Å². The number of hydrogen-bond donors (Lipinski definition) is 2. The highest BCUT2D eigenvalue weighted by Gasteiger charge is 2.28. The summed E-state index contributed by atoms with van der Waals surface area (Å²) in [7, 11) is 0. The van der Waals surface area contributed by atoms with Crippen molar-refractivity contribution in [1.29, 1.82) is 0 Å². The Morgan fingerprint density at radius 1 is 1.07 bits per heavy atom. The van der Waals surface area contributed by atoms with Crippen LogP contribution >= 0.6 is 0 Å². The van der Waals surface area contributed by atoms with Crippen molar-refractivity contribution in [3.63, 3.8) is 0 Å². The van der Waals surface area contributed by atoms with Crippen molar-refractivity contribution in [2.24, 2.45) is 17.4 Å². The molecule has 0 bridgehead atoms. The van der Waals surface area contributed by atoms with Crippen LogP contribution in [0, 0.1) is 18.7 Å². The van der Waals surface area contributed by atoms with Crippen molar-refractivity contribution in [3.8, 4) is 22.7 Å². The minimum Gasteiger partial charge on any atom is -0.454 e. The maximum Gasteiger partial charge on any atom is 0.254 e. The first-order chi connectivity index (χ1) is 20.3. The molecule has 0 spiro atoms. The summed E-state index contributed by atoms with van der Waals surface area (Å²) in [4.78, 5) is 31.5. The number of nitrogens with zero attached hydrogens (tertiary/aromatic N) is 3. The number of likely N-dealkylation sites (tertiary alicyclic amines) is 1. The summed E-state index contributed by atoms with van der Waals surface area (Å²) in [5, 5.41) is 1.90. The molecule has 4 heterocycles. The zero-order chi connectivity index (χ0) is 29.1. The highest BCUT2D eigenvalue weighted by molar-refractivity contribution is 5.99. The summed E-state index contributed by atoms with van der Waals surface area (Å²) in [6.07, 6.45) is 4.16. The smallest absolute Gasteiger partial charge is 0.254 e. The lowest BCUT2D eigenvalue weighted by atomic mass is 10.0. The Morgan fingerprint density at radius 3 is 2.64 bits per heavy atom. The summed E-state index contributed by atoms with van der Waals surface area (Å²) in [5.41, 5.74) is 16.4. The number of pyridine rings is 1. The molecule has 1 saturated heterocycles. The third-order valence-corrected chi connectivity index (χ3v) is 8.57. The van der Waals surface area contributed by atoms with Gasteiger partial charge in [0.25, 0.3) is 11.8 Å². The number of halogens is 1. The van der Waals surface area contributed by atoms with E-state index in [0.29, 0.717) is 41.4 Å². The number of piperidine rings is 1. The van der Waals surface area contributed by atoms with Gasteiger partial charge < -0.3 is 25.4 Å². The number of carbonyl (C=O) groups excluding carboxylic acids is 2. The number of hydrogen-bond acceptors (Lipinski definition) is 5. The van der Waals surface area contributed by atoms with E-state index < -0.39 is 11.7 Å². The molecule has 2 aliphatic rings. The van der Waals surface area contributed by atoms with Gasteiger partial charge >= 0.3 is 0 Å². The number of furan rings is 1. The van der Waals surface area contributed by atoms with Gasteiger partial charge in [-0.15, -0.1) is 0 Å². The lowest BCUT2D eigenvalue weighted by molar-refractivity contribution is 0.0708. The quantitative estimate of drug-likeness (QED) is 0.276. The van der Waals surface area contributed by atoms with Crippen LogP contribution in [-0.2, 0) is 6.54 Å². The van der Waals surface area contributed by atoms with Crippen LogP contribution in [0.5, 0.6) is 0 Å². The maximum absolute atomic E-state index is 14.6. The first-order valence-electron chi connectivity index (χ1n) is 14.4. The van der Waals surface area contributed by atoms with Crippen molar-refractivity contribution < 1.29 is 18.4 Å². The first-order valence-corrected chi connectivity index (χ1v) is 14.4. The molecular formula is C33H32FN5O3. The molecule has 0 radical (unpaired) electrons. The van der Waals surface area contributed by atoms with Crippen LogP contribution in [0.3, 0.4) is 0 Å². The lowest BCUT2D eigenvalue weighted by Gasteiger charge is -2.30. The number of rotatable bonds is 6. The lowest BCUT2D eigenvalue weighted by Crippen LogP contribution is -2.45. The van der Waals surface area contributed by atoms with E-state index in [4.69, 9.17) is 20.9 Å². The molecule has 1 aliphatic heterocycles. The van der Waals surface area contributed by atoms with E-state index in [9.17, 15) is 14.0 Å². The molecule has 2 amide bonds. The Kier molecular flexibility index (Phi) is 6.35. The van der Waals surface area contributed by atoms with Crippen LogP contribution in [0.2, 0.25) is 0 Å². The molecule has 2 fully saturated rings. The fourth-order valence-corrected chi connectivity index (χ4v) is 6.07. The molecular weight excluding hydrogens is 533 g/mol. The van der Waals surface area contributed by atoms with Crippen molar-refractivity contribution in [2.75, 3.05) is 13.1 Å². The molecule has 8 nitrogen and oxygen atoms in total. The standard InChI is InChI=1S/C33H32FN5O3/c1-18-24-9-7-22(33(41)38-12-2-3-23(35)17-38)15-29(24)42-30(18)28-14-21-8-11-27(37-32(21)39(28)16-19-4-5-19)20-6-10-25(31(36)40)26(34)13-20/h6-11,13-15,19,23H,2-5,12,16-17,35H2,1H3,(H2,36,40)/t23-/m1/s1. The second kappa shape index (κ2) is 10.1. The number of benzene rings is 2. The first kappa shape index (κ1) is 26.4. The van der Waals surface area contributed by atoms with Gasteiger partial charge in [-0.1, -0.05) is 12.1 Å². The number of amides is 2. The molecule has 1 aliphatic carbocycles. The number of primary amides is 1. The monoisotopic (exact) mass is 565 g/mol. The molecule has 1 saturated carbocycles. The third kappa shape index (κ3) is 4.63. The van der Waals surface area contributed by atoms with E-state index in [2.05, 4.69) is 10.6 Å². The van der Waals surface area contributed by atoms with Gasteiger partial charge in [-0.3, -0.25) is 9.59 Å². The Hall–Kier alpha value is -4.50. The van der Waals surface area contributed by atoms with Gasteiger partial charge in [-0.2, -0.15) is 0 Å². The summed E-state index contributed by atoms with van der Waals surface area (Å²) < 4.78 is 23.2. The van der Waals surface area contributed by atoms with E-state index in [0.717, 1.165) is 65.7 Å². The molecule has 42 heavy (non-hydrogen) atoms. The minimum atomic E-state index is -0.807. The highest BCUT2D eigenvalue weighted by atomic mass is 19.1. The second-order valence-electron chi connectivity index (χ2n) is 11.7. The van der Waals surface area contributed by atoms with Crippen LogP contribution in [0.25, 0.3) is 44.7 Å². The van der Waals surface area contributed by atoms with E-state index >= 15 is 0 Å². The average Bonchev–Trinajstić information content (AvgIpc) is 3.66. The molecule has 5 aromatic rings. The van der Waals surface area contributed by atoms with E-state index in [1.807, 2.05) is 42.2 Å². The number of fused-ring (bicyclic) bond motifs is 2. The maximum atomic E-state index is 14.6. The second-order valence-corrected chi connectivity index (χ2v) is 11.7. The summed E-state index contributed by atoms with van der Waals surface area (Å²) >= 11 is 0. The molecule has 9 heteroatoms. The topological polar surface area (TPSA) is 120 Å². The number of aromatic nitrogens is 2. The molecule has 214 valence electrons. The molecule has 1 atom stereocenters. The van der Waals surface area contributed by atoms with Crippen LogP contribution in [0.4, 0.5) is 4.39 Å². The Morgan fingerprint density at radius 2 is 1.90 bits per heavy atom. The van der Waals surface area contributed by atoms with Gasteiger partial charge in [0.1, 0.15) is 17.0 Å². The van der Waals surface area contributed by atoms with Crippen LogP contribution in [-0.4, -0.2) is 45.4 Å². The van der Waals surface area contributed by atoms with Gasteiger partial charge in [0.15, 0.2) is 5.76 Å². The van der Waals surface area contributed by atoms with Crippen molar-refractivity contribution in [1.82, 2.24) is 14.5 Å². The molecule has 3 aromatic heterocycles. The SMILES string of the molecule is Cc1c(-c2cc3ccc(-c4ccc(C(N)=O)c(F)c4)nc3n2CC2CC2)oc2cc(C(=O)N3CCC[C@@H](N)C3)ccc12. The van der Waals surface area contributed by atoms with Crippen molar-refractivity contribution in [3.05, 3.63) is 77.1 Å². The van der Waals surface area contributed by atoms with Crippen molar-refractivity contribution in [2.45, 2.75) is 45.2 Å². The van der Waals surface area contributed by atoms with Gasteiger partial charge in [0.05, 0.1) is 17.0 Å². The number of carbonyl (C=O) groups is 2. The normalized spacial score (nSPS) is 17.3. The van der Waals surface area contributed by atoms with Gasteiger partial charge in [-0.05, 0) is 81.0 Å². The Bertz CT molecular complexity index is 1890. The molecule has 0 unspecified atom stereocenters. The van der Waals surface area contributed by atoms with E-state index in [-0.39, 0.29) is 17.5 Å². The van der Waals surface area contributed by atoms with Gasteiger partial charge in [0.2, 0.25) is 0 Å². The van der Waals surface area contributed by atoms with Gasteiger partial charge in [-0.25, -0.2) is 9.37 Å². The average molecular weight is 566 g/mol. The summed E-state index contributed by atoms with van der Waals surface area (Å²) in [6.45, 7) is 4.11. The predicted octanol–water partition coefficient (Wildman–Crippen LogP) is 5.64. The van der Waals surface area contributed by atoms with E-state index in [1.165, 1.54) is 12.1 Å². The fourth-order valence-electron chi connectivity index (χ4n) is 6.07. The van der Waals surface area contributed by atoms with Crippen LogP contribution in [0.1, 0.15) is 52.0 Å². The largest absolute Gasteiger partial charge is 0.454 e. The van der Waals surface area contributed by atoms with Crippen molar-refractivity contribution >= 4 is 33.8 Å². The van der Waals surface area contributed by atoms with Crippen LogP contribution in [0.15, 0.2) is 59.0 Å². The molecule has 2 aromatic carbocycles. The highest BCUT2D eigenvalue weighted by Crippen LogP contribution is 2.40. The Labute approximate surface area is 242 Å². The molecule has 7 rings (SSSR count). The zero-order valence-corrected chi connectivity index (χ0v) is 23.4. The number of aryl methyl sites for hydroxylation is 1. The molecule has 4 N–H and O–H groups in total. The number of nitrogens with two attached hydrogens (primary N) is 2. The van der Waals surface area contributed by atoms with Crippen LogP contribution < -0.4 is 11.5 Å². The third-order valence-electron chi connectivity index (χ3n) is 8.57. The van der Waals surface area contributed by atoms with Gasteiger partial charge in [0, 0.05) is 53.1 Å². The fraction of sp³-hybridized carbons (Fsp3) is 0.303.